The molecule has 0 spiro atoms. The third-order valence-corrected chi connectivity index (χ3v) is 5.05. The highest BCUT2D eigenvalue weighted by Crippen LogP contribution is 2.38. The molecule has 0 aliphatic rings. The van der Waals surface area contributed by atoms with E-state index in [1.54, 1.807) is 12.1 Å². The molecule has 0 fully saturated rings. The minimum Gasteiger partial charge on any atom is -0.455 e. The number of nitro groups is 1. The van der Waals surface area contributed by atoms with Crippen molar-refractivity contribution in [2.75, 3.05) is 0 Å². The summed E-state index contributed by atoms with van der Waals surface area (Å²) in [5, 5.41) is 11.8. The zero-order valence-corrected chi connectivity index (χ0v) is 15.1. The Morgan fingerprint density at radius 3 is 2.43 bits per heavy atom. The summed E-state index contributed by atoms with van der Waals surface area (Å²) < 4.78 is 17.4. The Balaban J connectivity index is 2.55. The van der Waals surface area contributed by atoms with Gasteiger partial charge >= 0.3 is 0 Å². The number of hydrogen-bond donors (Lipinski definition) is 0. The lowest BCUT2D eigenvalue weighted by Gasteiger charge is -2.13. The average molecular weight is 395 g/mol. The molecule has 9 heteroatoms. The molecule has 0 heterocycles. The van der Waals surface area contributed by atoms with Crippen LogP contribution in [0.4, 0.5) is 5.69 Å². The smallest absolute Gasteiger partial charge is 0.281 e. The van der Waals surface area contributed by atoms with Crippen LogP contribution in [0.15, 0.2) is 30.3 Å². The molecule has 0 saturated carbocycles. The maximum Gasteiger partial charge on any atom is 0.281 e. The first-order valence-electron chi connectivity index (χ1n) is 6.47. The number of aryl methyl sites for hydroxylation is 1. The largest absolute Gasteiger partial charge is 0.455 e. The lowest BCUT2D eigenvalue weighted by Crippen LogP contribution is -2.07. The molecule has 1 unspecified atom stereocenters. The molecule has 23 heavy (non-hydrogen) atoms. The summed E-state index contributed by atoms with van der Waals surface area (Å²) in [6, 6.07) is 7.34. The van der Waals surface area contributed by atoms with E-state index in [1.807, 2.05) is 6.92 Å². The fourth-order valence-corrected chi connectivity index (χ4v) is 3.48. The van der Waals surface area contributed by atoms with Gasteiger partial charge in [0, 0.05) is 16.7 Å². The van der Waals surface area contributed by atoms with E-state index in [2.05, 4.69) is 0 Å². The summed E-state index contributed by atoms with van der Waals surface area (Å²) in [5.74, 6) is 0.649. The average Bonchev–Trinajstić information content (AvgIpc) is 2.49. The molecule has 0 aliphatic carbocycles. The van der Waals surface area contributed by atoms with Gasteiger partial charge in [-0.2, -0.15) is 0 Å². The van der Waals surface area contributed by atoms with Crippen molar-refractivity contribution < 1.29 is 14.2 Å². The third kappa shape index (κ3) is 4.18. The molecule has 122 valence electrons. The number of rotatable bonds is 5. The molecule has 5 nitrogen and oxygen atoms in total. The third-order valence-electron chi connectivity index (χ3n) is 3.08. The predicted octanol–water partition coefficient (Wildman–Crippen LogP) is 5.60. The standard InChI is InChI=1S/C14H11Cl3NO4P/c1-2-8-5-11(18(19)20)14(23(17)21)7-13(8)22-12-4-3-9(15)6-10(12)16/h3-7,23H,2H2,1H3. The van der Waals surface area contributed by atoms with Crippen molar-refractivity contribution in [2.45, 2.75) is 13.3 Å². The maximum atomic E-state index is 11.6. The second-order valence-corrected chi connectivity index (χ2v) is 7.50. The Kier molecular flexibility index (Phi) is 5.93. The minimum atomic E-state index is -2.79. The van der Waals surface area contributed by atoms with Crippen LogP contribution in [-0.4, -0.2) is 4.92 Å². The number of nitro benzene ring substituents is 1. The van der Waals surface area contributed by atoms with Crippen molar-refractivity contribution in [3.8, 4) is 11.5 Å². The number of ether oxygens (including phenoxy) is 1. The zero-order chi connectivity index (χ0) is 17.1. The monoisotopic (exact) mass is 393 g/mol. The van der Waals surface area contributed by atoms with E-state index in [-0.39, 0.29) is 16.0 Å². The lowest BCUT2D eigenvalue weighted by molar-refractivity contribution is -0.383. The van der Waals surface area contributed by atoms with Crippen molar-refractivity contribution in [1.29, 1.82) is 0 Å². The fraction of sp³-hybridized carbons (Fsp3) is 0.143. The van der Waals surface area contributed by atoms with Crippen molar-refractivity contribution in [3.63, 3.8) is 0 Å². The second kappa shape index (κ2) is 7.54. The fourth-order valence-electron chi connectivity index (χ4n) is 1.97. The number of halogens is 3. The van der Waals surface area contributed by atoms with Crippen LogP contribution < -0.4 is 10.0 Å². The summed E-state index contributed by atoms with van der Waals surface area (Å²) in [6.45, 7) is 1.82. The maximum absolute atomic E-state index is 11.6. The molecule has 2 aromatic carbocycles. The summed E-state index contributed by atoms with van der Waals surface area (Å²) in [6.07, 6.45) is 0.477. The molecule has 0 radical (unpaired) electrons. The molecule has 0 aliphatic heterocycles. The molecule has 2 rings (SSSR count). The Morgan fingerprint density at radius 2 is 1.91 bits per heavy atom. The van der Waals surface area contributed by atoms with Crippen LogP contribution in [-0.2, 0) is 11.0 Å². The van der Waals surface area contributed by atoms with Gasteiger partial charge in [0.2, 0.25) is 0 Å². The van der Waals surface area contributed by atoms with E-state index in [4.69, 9.17) is 39.2 Å². The van der Waals surface area contributed by atoms with Gasteiger partial charge in [-0.15, -0.1) is 0 Å². The zero-order valence-electron chi connectivity index (χ0n) is 11.8. The van der Waals surface area contributed by atoms with Crippen molar-refractivity contribution >= 4 is 52.6 Å². The van der Waals surface area contributed by atoms with Gasteiger partial charge in [-0.25, -0.2) is 0 Å². The number of benzene rings is 2. The molecule has 2 aromatic rings. The summed E-state index contributed by atoms with van der Waals surface area (Å²) in [7, 11) is -2.79. The highest BCUT2D eigenvalue weighted by molar-refractivity contribution is 7.80. The molecule has 0 aromatic heterocycles. The van der Waals surface area contributed by atoms with E-state index in [9.17, 15) is 14.7 Å². The highest BCUT2D eigenvalue weighted by atomic mass is 35.7. The quantitative estimate of drug-likeness (QED) is 0.376. The van der Waals surface area contributed by atoms with E-state index in [0.29, 0.717) is 28.5 Å². The van der Waals surface area contributed by atoms with Crippen LogP contribution in [0.25, 0.3) is 0 Å². The number of hydrogen-bond acceptors (Lipinski definition) is 4. The Morgan fingerprint density at radius 1 is 1.22 bits per heavy atom. The Bertz CT molecular complexity index is 798. The SMILES string of the molecule is CCc1cc([N+](=O)[O-])c([PH](=O)Cl)cc1Oc1ccc(Cl)cc1Cl. The highest BCUT2D eigenvalue weighted by Gasteiger charge is 2.22. The first-order chi connectivity index (χ1) is 10.8. The second-order valence-electron chi connectivity index (χ2n) is 4.54. The normalized spacial score (nSPS) is 12.0. The van der Waals surface area contributed by atoms with Crippen LogP contribution >= 0.6 is 41.6 Å². The Labute approximate surface area is 147 Å². The molecule has 1 atom stereocenters. The van der Waals surface area contributed by atoms with E-state index >= 15 is 0 Å². The van der Waals surface area contributed by atoms with Crippen molar-refractivity contribution in [3.05, 3.63) is 56.1 Å². The molecule has 0 amide bonds. The van der Waals surface area contributed by atoms with E-state index < -0.39 is 12.1 Å². The molecule has 0 saturated heterocycles. The Hall–Kier alpha value is -1.26. The number of nitrogens with zero attached hydrogens (tertiary/aromatic N) is 1. The summed E-state index contributed by atoms with van der Waals surface area (Å²) in [5.41, 5.74) is 0.293. The van der Waals surface area contributed by atoms with Gasteiger partial charge in [0.05, 0.1) is 9.95 Å². The van der Waals surface area contributed by atoms with Gasteiger partial charge in [-0.3, -0.25) is 10.1 Å². The predicted molar refractivity (Wildman–Crippen MR) is 93.5 cm³/mol. The molecular weight excluding hydrogens is 383 g/mol. The first kappa shape index (κ1) is 18.1. The van der Waals surface area contributed by atoms with E-state index in [0.717, 1.165) is 0 Å². The van der Waals surface area contributed by atoms with Crippen molar-refractivity contribution in [1.82, 2.24) is 0 Å². The van der Waals surface area contributed by atoms with Gasteiger partial charge in [-0.05, 0) is 30.7 Å². The van der Waals surface area contributed by atoms with E-state index in [1.165, 1.54) is 18.2 Å². The van der Waals surface area contributed by atoms with Crippen LogP contribution in [0.2, 0.25) is 10.0 Å². The van der Waals surface area contributed by atoms with Gasteiger partial charge in [-0.1, -0.05) is 41.4 Å². The minimum absolute atomic E-state index is 0.0565. The van der Waals surface area contributed by atoms with Crippen LogP contribution in [0.5, 0.6) is 11.5 Å². The van der Waals surface area contributed by atoms with Crippen LogP contribution in [0.3, 0.4) is 0 Å². The van der Waals surface area contributed by atoms with Gasteiger partial charge in [0.15, 0.2) is 7.15 Å². The van der Waals surface area contributed by atoms with Crippen molar-refractivity contribution in [2.24, 2.45) is 0 Å². The molecule has 0 bridgehead atoms. The summed E-state index contributed by atoms with van der Waals surface area (Å²) in [4.78, 5) is 10.5. The lowest BCUT2D eigenvalue weighted by atomic mass is 10.1. The summed E-state index contributed by atoms with van der Waals surface area (Å²) >= 11 is 17.5. The molecule has 0 N–H and O–H groups in total. The van der Waals surface area contributed by atoms with Crippen LogP contribution in [0.1, 0.15) is 12.5 Å². The topological polar surface area (TPSA) is 69.4 Å². The molecular formula is C14H11Cl3NO4P. The van der Waals surface area contributed by atoms with Crippen LogP contribution in [0, 0.1) is 10.1 Å². The van der Waals surface area contributed by atoms with Gasteiger partial charge < -0.3 is 9.30 Å². The van der Waals surface area contributed by atoms with Gasteiger partial charge in [0.25, 0.3) is 5.69 Å². The van der Waals surface area contributed by atoms with Gasteiger partial charge in [0.1, 0.15) is 16.8 Å². The first-order valence-corrected chi connectivity index (χ1v) is 9.65.